The van der Waals surface area contributed by atoms with Crippen LogP contribution in [-0.4, -0.2) is 21.1 Å². The summed E-state index contributed by atoms with van der Waals surface area (Å²) in [5.41, 5.74) is -0.173. The molecule has 0 unspecified atom stereocenters. The van der Waals surface area contributed by atoms with Gasteiger partial charge in [-0.15, -0.1) is 0 Å². The van der Waals surface area contributed by atoms with Crippen LogP contribution in [0, 0.1) is 22.0 Å². The van der Waals surface area contributed by atoms with Gasteiger partial charge in [0.15, 0.2) is 0 Å². The lowest BCUT2D eigenvalue weighted by Crippen LogP contribution is -1.91. The first-order valence-electron chi connectivity index (χ1n) is 4.19. The predicted molar refractivity (Wildman–Crippen MR) is 53.9 cm³/mol. The fraction of sp³-hybridized carbons (Fsp3) is 0.100. The third kappa shape index (κ3) is 2.99. The minimum absolute atomic E-state index is 0.0375. The monoisotopic (exact) mass is 221 g/mol. The average molecular weight is 221 g/mol. The van der Waals surface area contributed by atoms with E-state index < -0.39 is 10.9 Å². The maximum Gasteiger partial charge on any atom is 0.315 e. The fourth-order valence-electron chi connectivity index (χ4n) is 0.953. The number of benzene rings is 1. The number of hydrogen-bond acceptors (Lipinski definition) is 4. The van der Waals surface area contributed by atoms with Gasteiger partial charge in [0.1, 0.15) is 12.2 Å². The first-order valence-corrected chi connectivity index (χ1v) is 4.19. The summed E-state index contributed by atoms with van der Waals surface area (Å²) in [6.07, 6.45) is -0.387. The molecule has 6 nitrogen and oxygen atoms in total. The van der Waals surface area contributed by atoms with Gasteiger partial charge in [0.2, 0.25) is 0 Å². The molecule has 0 bridgehead atoms. The molecule has 6 heteroatoms. The highest BCUT2D eigenvalue weighted by atomic mass is 16.6. The fourth-order valence-corrected chi connectivity index (χ4v) is 0.953. The maximum atomic E-state index is 10.4. The molecule has 0 aliphatic carbocycles. The summed E-state index contributed by atoms with van der Waals surface area (Å²) in [5.74, 6) is 3.31. The second-order valence-corrected chi connectivity index (χ2v) is 2.83. The molecule has 0 saturated carbocycles. The largest absolute Gasteiger partial charge is 0.507 e. The third-order valence-corrected chi connectivity index (χ3v) is 1.65. The molecule has 0 spiro atoms. The van der Waals surface area contributed by atoms with E-state index in [0.29, 0.717) is 0 Å². The highest BCUT2D eigenvalue weighted by Gasteiger charge is 2.08. The Kier molecular flexibility index (Phi) is 3.45. The van der Waals surface area contributed by atoms with Crippen LogP contribution in [0.15, 0.2) is 18.2 Å². The number of hydrogen-bond donors (Lipinski definition) is 2. The third-order valence-electron chi connectivity index (χ3n) is 1.65. The molecule has 2 N–H and O–H groups in total. The topological polar surface area (TPSA) is 101 Å². The van der Waals surface area contributed by atoms with Gasteiger partial charge in [0.25, 0.3) is 5.69 Å². The van der Waals surface area contributed by atoms with Crippen molar-refractivity contribution < 1.29 is 19.9 Å². The summed E-state index contributed by atoms with van der Waals surface area (Å²) < 4.78 is 0. The Hall–Kier alpha value is -2.55. The zero-order valence-corrected chi connectivity index (χ0v) is 8.01. The van der Waals surface area contributed by atoms with Crippen LogP contribution in [0.4, 0.5) is 5.69 Å². The molecule has 0 saturated heterocycles. The van der Waals surface area contributed by atoms with Crippen molar-refractivity contribution in [2.24, 2.45) is 0 Å². The minimum atomic E-state index is -1.10. The SMILES string of the molecule is O=C(O)CC#Cc1cc([N+](=O)[O-])ccc1O. The summed E-state index contributed by atoms with van der Waals surface area (Å²) in [6.45, 7) is 0. The van der Waals surface area contributed by atoms with Crippen molar-refractivity contribution in [3.05, 3.63) is 33.9 Å². The summed E-state index contributed by atoms with van der Waals surface area (Å²) in [7, 11) is 0. The lowest BCUT2D eigenvalue weighted by atomic mass is 10.2. The molecule has 0 fully saturated rings. The molecule has 16 heavy (non-hydrogen) atoms. The van der Waals surface area contributed by atoms with Crippen LogP contribution in [0.5, 0.6) is 5.75 Å². The first-order chi connectivity index (χ1) is 7.50. The van der Waals surface area contributed by atoms with Gasteiger partial charge in [0, 0.05) is 12.1 Å². The van der Waals surface area contributed by atoms with E-state index >= 15 is 0 Å². The van der Waals surface area contributed by atoms with Gasteiger partial charge >= 0.3 is 5.97 Å². The van der Waals surface area contributed by atoms with E-state index in [1.165, 1.54) is 0 Å². The van der Waals surface area contributed by atoms with Gasteiger partial charge in [-0.05, 0) is 6.07 Å². The molecule has 0 aromatic heterocycles. The Morgan fingerprint density at radius 3 is 2.75 bits per heavy atom. The van der Waals surface area contributed by atoms with Crippen molar-refractivity contribution in [3.63, 3.8) is 0 Å². The molecule has 0 radical (unpaired) electrons. The highest BCUT2D eigenvalue weighted by Crippen LogP contribution is 2.21. The molecule has 1 rings (SSSR count). The zero-order chi connectivity index (χ0) is 12.1. The van der Waals surface area contributed by atoms with E-state index in [1.54, 1.807) is 0 Å². The molecule has 82 valence electrons. The first kappa shape index (κ1) is 11.5. The normalized spacial score (nSPS) is 9.00. The molecule has 1 aromatic rings. The number of nitro benzene ring substituents is 1. The van der Waals surface area contributed by atoms with E-state index in [1.807, 2.05) is 0 Å². The van der Waals surface area contributed by atoms with Crippen molar-refractivity contribution in [1.82, 2.24) is 0 Å². The quantitative estimate of drug-likeness (QED) is 0.442. The number of phenols is 1. The van der Waals surface area contributed by atoms with Crippen molar-refractivity contribution in [2.45, 2.75) is 6.42 Å². The number of rotatable bonds is 2. The number of aliphatic carboxylic acids is 1. The summed E-state index contributed by atoms with van der Waals surface area (Å²) in [4.78, 5) is 20.0. The number of carbonyl (C=O) groups is 1. The average Bonchev–Trinajstić information content (AvgIpc) is 2.20. The highest BCUT2D eigenvalue weighted by molar-refractivity contribution is 5.70. The Balaban J connectivity index is 3.01. The van der Waals surface area contributed by atoms with Crippen molar-refractivity contribution in [1.29, 1.82) is 0 Å². The van der Waals surface area contributed by atoms with Crippen LogP contribution in [0.2, 0.25) is 0 Å². The minimum Gasteiger partial charge on any atom is -0.507 e. The van der Waals surface area contributed by atoms with E-state index in [2.05, 4.69) is 11.8 Å². The molecule has 0 aliphatic rings. The molecule has 0 aliphatic heterocycles. The Morgan fingerprint density at radius 1 is 1.50 bits per heavy atom. The van der Waals surface area contributed by atoms with Crippen molar-refractivity contribution in [3.8, 4) is 17.6 Å². The van der Waals surface area contributed by atoms with Gasteiger partial charge in [-0.25, -0.2) is 0 Å². The zero-order valence-electron chi connectivity index (χ0n) is 8.01. The Bertz CT molecular complexity index is 498. The van der Waals surface area contributed by atoms with Crippen LogP contribution in [-0.2, 0) is 4.79 Å². The summed E-state index contributed by atoms with van der Waals surface area (Å²) in [6, 6.07) is 3.37. The standard InChI is InChI=1S/C10H7NO5/c12-9-5-4-8(11(15)16)6-7(9)2-1-3-10(13)14/h4-6,12H,3H2,(H,13,14). The molecule has 0 amide bonds. The molecule has 0 heterocycles. The lowest BCUT2D eigenvalue weighted by molar-refractivity contribution is -0.384. The Morgan fingerprint density at radius 2 is 2.19 bits per heavy atom. The van der Waals surface area contributed by atoms with Crippen LogP contribution >= 0.6 is 0 Å². The number of carboxylic acid groups (broad SMARTS) is 1. The van der Waals surface area contributed by atoms with Gasteiger partial charge in [-0.1, -0.05) is 11.8 Å². The summed E-state index contributed by atoms with van der Waals surface area (Å²) in [5, 5.41) is 28.1. The molecule has 1 aromatic carbocycles. The Labute approximate surface area is 90.3 Å². The van der Waals surface area contributed by atoms with Crippen LogP contribution in [0.25, 0.3) is 0 Å². The second-order valence-electron chi connectivity index (χ2n) is 2.83. The van der Waals surface area contributed by atoms with Crippen LogP contribution < -0.4 is 0 Å². The van der Waals surface area contributed by atoms with E-state index in [0.717, 1.165) is 18.2 Å². The summed E-state index contributed by atoms with van der Waals surface area (Å²) >= 11 is 0. The second kappa shape index (κ2) is 4.79. The molecular formula is C10H7NO5. The van der Waals surface area contributed by atoms with Crippen molar-refractivity contribution >= 4 is 11.7 Å². The van der Waals surface area contributed by atoms with Gasteiger partial charge < -0.3 is 10.2 Å². The smallest absolute Gasteiger partial charge is 0.315 e. The molecular weight excluding hydrogens is 214 g/mol. The van der Waals surface area contributed by atoms with Gasteiger partial charge in [-0.2, -0.15) is 0 Å². The van der Waals surface area contributed by atoms with E-state index in [4.69, 9.17) is 5.11 Å². The predicted octanol–water partition coefficient (Wildman–Crippen LogP) is 1.13. The molecule has 0 atom stereocenters. The van der Waals surface area contributed by atoms with Gasteiger partial charge in [0.05, 0.1) is 10.5 Å². The van der Waals surface area contributed by atoms with E-state index in [-0.39, 0.29) is 23.4 Å². The number of carboxylic acids is 1. The number of aromatic hydroxyl groups is 1. The van der Waals surface area contributed by atoms with Crippen LogP contribution in [0.1, 0.15) is 12.0 Å². The van der Waals surface area contributed by atoms with Crippen molar-refractivity contribution in [2.75, 3.05) is 0 Å². The van der Waals surface area contributed by atoms with Gasteiger partial charge in [-0.3, -0.25) is 14.9 Å². The number of nitrogens with zero attached hydrogens (tertiary/aromatic N) is 1. The number of nitro groups is 1. The lowest BCUT2D eigenvalue weighted by Gasteiger charge is -1.96. The van der Waals surface area contributed by atoms with E-state index in [9.17, 15) is 20.0 Å². The number of non-ortho nitro benzene ring substituents is 1. The number of phenolic OH excluding ortho intramolecular Hbond substituents is 1. The van der Waals surface area contributed by atoms with Crippen LogP contribution in [0.3, 0.4) is 0 Å². The maximum absolute atomic E-state index is 10.4.